The number of nitrogens with zero attached hydrogens (tertiary/aromatic N) is 5. The molecule has 2 fully saturated rings. The predicted molar refractivity (Wildman–Crippen MR) is 80.9 cm³/mol. The van der Waals surface area contributed by atoms with E-state index in [0.29, 0.717) is 6.04 Å². The van der Waals surface area contributed by atoms with E-state index in [2.05, 4.69) is 25.8 Å². The van der Waals surface area contributed by atoms with Crippen molar-refractivity contribution >= 4 is 16.9 Å². The average Bonchev–Trinajstić information content (AvgIpc) is 3.38. The highest BCUT2D eigenvalue weighted by molar-refractivity contribution is 5.75. The quantitative estimate of drug-likeness (QED) is 0.839. The fourth-order valence-electron chi connectivity index (χ4n) is 3.06. The number of hydrogen-bond donors (Lipinski definition) is 0. The Kier molecular flexibility index (Phi) is 2.97. The highest BCUT2D eigenvalue weighted by Crippen LogP contribution is 2.31. The van der Waals surface area contributed by atoms with Gasteiger partial charge in [-0.3, -0.25) is 9.88 Å². The Balaban J connectivity index is 1.59. The first-order chi connectivity index (χ1) is 10.3. The van der Waals surface area contributed by atoms with Crippen molar-refractivity contribution in [3.63, 3.8) is 0 Å². The Morgan fingerprint density at radius 3 is 2.71 bits per heavy atom. The van der Waals surface area contributed by atoms with Gasteiger partial charge in [-0.25, -0.2) is 4.98 Å². The number of rotatable bonds is 2. The first-order valence-electron chi connectivity index (χ1n) is 7.47. The van der Waals surface area contributed by atoms with Crippen LogP contribution < -0.4 is 4.90 Å². The van der Waals surface area contributed by atoms with Crippen LogP contribution in [-0.2, 0) is 0 Å². The minimum atomic E-state index is -0.0282. The number of hydrogen-bond acceptors (Lipinski definition) is 5. The molecule has 0 amide bonds. The Morgan fingerprint density at radius 1 is 1.14 bits per heavy atom. The number of aromatic nitrogens is 2. The molecule has 1 saturated carbocycles. The summed E-state index contributed by atoms with van der Waals surface area (Å²) in [6, 6.07) is 11.0. The van der Waals surface area contributed by atoms with Crippen LogP contribution in [0.5, 0.6) is 0 Å². The van der Waals surface area contributed by atoms with E-state index in [-0.39, 0.29) is 6.04 Å². The zero-order chi connectivity index (χ0) is 14.2. The van der Waals surface area contributed by atoms with Crippen LogP contribution in [0.3, 0.4) is 0 Å². The Bertz CT molecular complexity index is 703. The number of piperazine rings is 1. The zero-order valence-electron chi connectivity index (χ0n) is 11.8. The molecule has 4 rings (SSSR count). The van der Waals surface area contributed by atoms with Crippen molar-refractivity contribution < 1.29 is 0 Å². The molecule has 0 radical (unpaired) electrons. The summed E-state index contributed by atoms with van der Waals surface area (Å²) in [6.45, 7) is 2.58. The van der Waals surface area contributed by atoms with Crippen molar-refractivity contribution in [2.24, 2.45) is 0 Å². The van der Waals surface area contributed by atoms with E-state index in [4.69, 9.17) is 0 Å². The third-order valence-corrected chi connectivity index (χ3v) is 4.35. The summed E-state index contributed by atoms with van der Waals surface area (Å²) in [5.74, 6) is 0.879. The molecule has 106 valence electrons. The summed E-state index contributed by atoms with van der Waals surface area (Å²) in [4.78, 5) is 13.7. The third-order valence-electron chi connectivity index (χ3n) is 4.35. The van der Waals surface area contributed by atoms with Gasteiger partial charge in [-0.15, -0.1) is 0 Å². The number of anilines is 1. The second-order valence-corrected chi connectivity index (χ2v) is 5.78. The number of nitriles is 1. The second-order valence-electron chi connectivity index (χ2n) is 5.78. The molecule has 1 aromatic carbocycles. The molecule has 1 unspecified atom stereocenters. The Labute approximate surface area is 123 Å². The summed E-state index contributed by atoms with van der Waals surface area (Å²) in [5, 5.41) is 9.42. The fraction of sp³-hybridized carbons (Fsp3) is 0.438. The number of fused-ring (bicyclic) bond motifs is 1. The molecule has 0 spiro atoms. The van der Waals surface area contributed by atoms with Crippen molar-refractivity contribution in [2.75, 3.05) is 24.5 Å². The molecular formula is C16H17N5. The van der Waals surface area contributed by atoms with Gasteiger partial charge in [0, 0.05) is 25.7 Å². The monoisotopic (exact) mass is 279 g/mol. The molecule has 1 atom stereocenters. The van der Waals surface area contributed by atoms with Crippen LogP contribution in [0.15, 0.2) is 30.5 Å². The molecule has 0 bridgehead atoms. The van der Waals surface area contributed by atoms with Gasteiger partial charge in [0.2, 0.25) is 0 Å². The van der Waals surface area contributed by atoms with E-state index in [1.165, 1.54) is 12.8 Å². The maximum absolute atomic E-state index is 9.42. The highest BCUT2D eigenvalue weighted by atomic mass is 15.3. The fourth-order valence-corrected chi connectivity index (χ4v) is 3.06. The van der Waals surface area contributed by atoms with Crippen LogP contribution in [0.4, 0.5) is 5.82 Å². The number of benzene rings is 1. The molecule has 1 saturated heterocycles. The van der Waals surface area contributed by atoms with Crippen LogP contribution in [-0.4, -0.2) is 46.6 Å². The minimum absolute atomic E-state index is 0.0282. The van der Waals surface area contributed by atoms with Crippen molar-refractivity contribution in [3.05, 3.63) is 30.5 Å². The highest BCUT2D eigenvalue weighted by Gasteiger charge is 2.37. The lowest BCUT2D eigenvalue weighted by atomic mass is 10.2. The van der Waals surface area contributed by atoms with Crippen molar-refractivity contribution in [2.45, 2.75) is 24.9 Å². The van der Waals surface area contributed by atoms with Gasteiger partial charge in [-0.05, 0) is 25.0 Å². The van der Waals surface area contributed by atoms with Crippen LogP contribution in [0.2, 0.25) is 0 Å². The summed E-state index contributed by atoms with van der Waals surface area (Å²) in [7, 11) is 0. The minimum Gasteiger partial charge on any atom is -0.351 e. The van der Waals surface area contributed by atoms with Gasteiger partial charge in [0.25, 0.3) is 0 Å². The van der Waals surface area contributed by atoms with Crippen LogP contribution in [0.25, 0.3) is 11.0 Å². The molecule has 2 heterocycles. The summed E-state index contributed by atoms with van der Waals surface area (Å²) in [5.41, 5.74) is 1.82. The first-order valence-corrected chi connectivity index (χ1v) is 7.47. The molecule has 1 aliphatic carbocycles. The lowest BCUT2D eigenvalue weighted by molar-refractivity contribution is 0.203. The van der Waals surface area contributed by atoms with E-state index in [0.717, 1.165) is 36.5 Å². The molecule has 2 aliphatic rings. The van der Waals surface area contributed by atoms with E-state index >= 15 is 0 Å². The molecule has 1 aliphatic heterocycles. The van der Waals surface area contributed by atoms with E-state index in [1.54, 1.807) is 0 Å². The lowest BCUT2D eigenvalue weighted by Crippen LogP contribution is -2.53. The Morgan fingerprint density at radius 2 is 1.95 bits per heavy atom. The molecule has 2 aromatic rings. The van der Waals surface area contributed by atoms with Gasteiger partial charge in [-0.1, -0.05) is 12.1 Å². The van der Waals surface area contributed by atoms with Crippen molar-refractivity contribution in [1.82, 2.24) is 14.9 Å². The van der Waals surface area contributed by atoms with Gasteiger partial charge in [0.05, 0.1) is 23.3 Å². The smallest absolute Gasteiger partial charge is 0.147 e. The maximum atomic E-state index is 9.42. The van der Waals surface area contributed by atoms with Gasteiger partial charge < -0.3 is 4.90 Å². The van der Waals surface area contributed by atoms with Crippen LogP contribution in [0.1, 0.15) is 12.8 Å². The zero-order valence-corrected chi connectivity index (χ0v) is 11.8. The third kappa shape index (κ3) is 2.32. The van der Waals surface area contributed by atoms with Crippen LogP contribution in [0, 0.1) is 11.3 Å². The van der Waals surface area contributed by atoms with E-state index < -0.39 is 0 Å². The average molecular weight is 279 g/mol. The van der Waals surface area contributed by atoms with Gasteiger partial charge >= 0.3 is 0 Å². The second kappa shape index (κ2) is 4.97. The normalized spacial score (nSPS) is 23.2. The van der Waals surface area contributed by atoms with Crippen molar-refractivity contribution in [3.8, 4) is 6.07 Å². The summed E-state index contributed by atoms with van der Waals surface area (Å²) < 4.78 is 0. The van der Waals surface area contributed by atoms with Gasteiger partial charge in [-0.2, -0.15) is 5.26 Å². The SMILES string of the molecule is N#CC1CN(c2cnc3ccccc3n2)CCN1C1CC1. The first kappa shape index (κ1) is 12.5. The van der Waals surface area contributed by atoms with Gasteiger partial charge in [0.1, 0.15) is 11.9 Å². The van der Waals surface area contributed by atoms with Gasteiger partial charge in [0.15, 0.2) is 0 Å². The summed E-state index contributed by atoms with van der Waals surface area (Å²) >= 11 is 0. The standard InChI is InChI=1S/C16H17N5/c17-9-13-11-20(7-8-21(13)12-5-6-12)16-10-18-14-3-1-2-4-15(14)19-16/h1-4,10,12-13H,5-8,11H2. The largest absolute Gasteiger partial charge is 0.351 e. The molecule has 5 nitrogen and oxygen atoms in total. The molecule has 21 heavy (non-hydrogen) atoms. The molecule has 5 heteroatoms. The molecular weight excluding hydrogens is 262 g/mol. The van der Waals surface area contributed by atoms with Crippen molar-refractivity contribution in [1.29, 1.82) is 5.26 Å². The maximum Gasteiger partial charge on any atom is 0.147 e. The van der Waals surface area contributed by atoms with Crippen LogP contribution >= 0.6 is 0 Å². The van der Waals surface area contributed by atoms with E-state index in [9.17, 15) is 5.26 Å². The molecule has 0 N–H and O–H groups in total. The summed E-state index contributed by atoms with van der Waals surface area (Å²) in [6.07, 6.45) is 4.31. The lowest BCUT2D eigenvalue weighted by Gasteiger charge is -2.38. The Hall–Kier alpha value is -2.19. The van der Waals surface area contributed by atoms with E-state index in [1.807, 2.05) is 30.5 Å². The molecule has 1 aromatic heterocycles. The predicted octanol–water partition coefficient (Wildman–Crippen LogP) is 1.81. The topological polar surface area (TPSA) is 56.1 Å². The number of para-hydroxylation sites is 2.